The summed E-state index contributed by atoms with van der Waals surface area (Å²) in [5.41, 5.74) is 2.89. The second kappa shape index (κ2) is 10.7. The minimum Gasteiger partial charge on any atom is -0.481 e. The molecule has 1 fully saturated rings. The lowest BCUT2D eigenvalue weighted by Gasteiger charge is -2.32. The number of benzene rings is 1. The first-order chi connectivity index (χ1) is 18.9. The molecule has 1 unspecified atom stereocenters. The number of ether oxygens (including phenoxy) is 1. The molecular formula is C28H33ClN6O4S. The van der Waals surface area contributed by atoms with E-state index >= 15 is 0 Å². The standard InChI is InChI=1S/C28H33ClN6O4S/c1-17-6-8-23(18(2)31-17)28(36,25-15-30-33-34(25)3)19-7-9-24-21(14-19)26(29)22(27(32-24)39-4)16-35-12-10-20(11-13-35)40(5,37)38/h6-9,14-15,20,36H,10-13,16H2,1-5H3. The molecule has 4 aromatic rings. The van der Waals surface area contributed by atoms with E-state index in [1.807, 2.05) is 44.2 Å². The van der Waals surface area contributed by atoms with E-state index in [9.17, 15) is 13.5 Å². The number of aliphatic hydroxyl groups is 1. The van der Waals surface area contributed by atoms with Crippen molar-refractivity contribution in [2.75, 3.05) is 26.5 Å². The summed E-state index contributed by atoms with van der Waals surface area (Å²) in [6.45, 7) is 5.48. The predicted octanol–water partition coefficient (Wildman–Crippen LogP) is 3.33. The van der Waals surface area contributed by atoms with Gasteiger partial charge in [0, 0.05) is 47.7 Å². The molecule has 10 nitrogen and oxygen atoms in total. The van der Waals surface area contributed by atoms with Gasteiger partial charge in [-0.2, -0.15) is 0 Å². The van der Waals surface area contributed by atoms with Crippen LogP contribution in [0.2, 0.25) is 5.02 Å². The maximum atomic E-state index is 12.5. The number of nitrogens with zero attached hydrogens (tertiary/aromatic N) is 6. The number of hydrogen-bond donors (Lipinski definition) is 1. The highest BCUT2D eigenvalue weighted by Crippen LogP contribution is 2.41. The van der Waals surface area contributed by atoms with Gasteiger partial charge in [-0.1, -0.05) is 28.9 Å². The Kier molecular flexibility index (Phi) is 7.60. The summed E-state index contributed by atoms with van der Waals surface area (Å²) in [7, 11) is 0.217. The summed E-state index contributed by atoms with van der Waals surface area (Å²) in [6, 6.07) is 9.20. The molecule has 0 amide bonds. The average molecular weight is 585 g/mol. The van der Waals surface area contributed by atoms with Gasteiger partial charge in [0.2, 0.25) is 5.88 Å². The molecule has 0 aliphatic carbocycles. The molecule has 1 N–H and O–H groups in total. The van der Waals surface area contributed by atoms with Crippen LogP contribution < -0.4 is 4.74 Å². The van der Waals surface area contributed by atoms with Crippen molar-refractivity contribution in [3.05, 3.63) is 75.3 Å². The van der Waals surface area contributed by atoms with Crippen LogP contribution in [-0.2, 0) is 29.0 Å². The lowest BCUT2D eigenvalue weighted by molar-refractivity contribution is 0.115. The molecule has 212 valence electrons. The maximum absolute atomic E-state index is 12.5. The van der Waals surface area contributed by atoms with Crippen molar-refractivity contribution >= 4 is 32.3 Å². The normalized spacial score (nSPS) is 16.8. The molecule has 1 atom stereocenters. The molecule has 1 aliphatic heterocycles. The number of hydrogen-bond acceptors (Lipinski definition) is 9. The monoisotopic (exact) mass is 584 g/mol. The highest BCUT2D eigenvalue weighted by Gasteiger charge is 2.39. The van der Waals surface area contributed by atoms with E-state index in [0.29, 0.717) is 82.4 Å². The molecule has 3 aromatic heterocycles. The Morgan fingerprint density at radius 2 is 1.88 bits per heavy atom. The van der Waals surface area contributed by atoms with Crippen molar-refractivity contribution in [1.29, 1.82) is 0 Å². The fourth-order valence-electron chi connectivity index (χ4n) is 5.62. The van der Waals surface area contributed by atoms with E-state index < -0.39 is 15.4 Å². The van der Waals surface area contributed by atoms with Crippen LogP contribution in [0.5, 0.6) is 5.88 Å². The molecule has 0 saturated carbocycles. The quantitative estimate of drug-likeness (QED) is 0.348. The van der Waals surface area contributed by atoms with E-state index in [0.717, 1.165) is 5.69 Å². The van der Waals surface area contributed by atoms with Crippen molar-refractivity contribution in [2.45, 2.75) is 44.1 Å². The SMILES string of the molecule is COc1nc2ccc(C(O)(c3ccc(C)nc3C)c3cnnn3C)cc2c(Cl)c1CN1CCC(S(C)(=O)=O)CC1. The minimum absolute atomic E-state index is 0.322. The fourth-order valence-corrected chi connectivity index (χ4v) is 6.98. The number of halogens is 1. The first kappa shape index (κ1) is 28.4. The first-order valence-corrected chi connectivity index (χ1v) is 15.4. The second-order valence-electron chi connectivity index (χ2n) is 10.5. The van der Waals surface area contributed by atoms with Gasteiger partial charge in [0.25, 0.3) is 0 Å². The van der Waals surface area contributed by atoms with E-state index in [4.69, 9.17) is 21.3 Å². The van der Waals surface area contributed by atoms with Gasteiger partial charge in [-0.3, -0.25) is 9.88 Å². The summed E-state index contributed by atoms with van der Waals surface area (Å²) in [5, 5.41) is 21.4. The fraction of sp³-hybridized carbons (Fsp3) is 0.429. The maximum Gasteiger partial charge on any atom is 0.219 e. The van der Waals surface area contributed by atoms with Gasteiger partial charge in [0.05, 0.1) is 34.8 Å². The second-order valence-corrected chi connectivity index (χ2v) is 13.2. The zero-order chi connectivity index (χ0) is 28.8. The molecular weight excluding hydrogens is 552 g/mol. The van der Waals surface area contributed by atoms with Gasteiger partial charge < -0.3 is 9.84 Å². The van der Waals surface area contributed by atoms with Crippen LogP contribution in [0.3, 0.4) is 0 Å². The zero-order valence-electron chi connectivity index (χ0n) is 23.2. The lowest BCUT2D eigenvalue weighted by Crippen LogP contribution is -2.38. The highest BCUT2D eigenvalue weighted by atomic mass is 35.5. The molecule has 1 aromatic carbocycles. The number of methoxy groups -OCH3 is 1. The number of sulfone groups is 1. The molecule has 12 heteroatoms. The smallest absolute Gasteiger partial charge is 0.219 e. The summed E-state index contributed by atoms with van der Waals surface area (Å²) in [6.07, 6.45) is 3.98. The van der Waals surface area contributed by atoms with E-state index in [2.05, 4.69) is 20.2 Å². The molecule has 5 rings (SSSR count). The summed E-state index contributed by atoms with van der Waals surface area (Å²) in [5.74, 6) is 0.417. The van der Waals surface area contributed by atoms with Crippen molar-refractivity contribution in [3.8, 4) is 5.88 Å². The Morgan fingerprint density at radius 1 is 1.15 bits per heavy atom. The number of likely N-dealkylation sites (tertiary alicyclic amines) is 1. The highest BCUT2D eigenvalue weighted by molar-refractivity contribution is 7.91. The summed E-state index contributed by atoms with van der Waals surface area (Å²) < 4.78 is 31.2. The Morgan fingerprint density at radius 3 is 2.48 bits per heavy atom. The number of piperidine rings is 1. The van der Waals surface area contributed by atoms with Crippen LogP contribution in [0.25, 0.3) is 10.9 Å². The third-order valence-corrected chi connectivity index (χ3v) is 9.93. The van der Waals surface area contributed by atoms with Crippen LogP contribution in [-0.4, -0.2) is 75.1 Å². The number of pyridine rings is 2. The summed E-state index contributed by atoms with van der Waals surface area (Å²) in [4.78, 5) is 11.5. The Hall–Kier alpha value is -3.12. The average Bonchev–Trinajstić information content (AvgIpc) is 3.35. The Bertz CT molecular complexity index is 1680. The number of fused-ring (bicyclic) bond motifs is 1. The summed E-state index contributed by atoms with van der Waals surface area (Å²) >= 11 is 7.06. The number of aromatic nitrogens is 5. The Balaban J connectivity index is 1.61. The minimum atomic E-state index is -3.07. The van der Waals surface area contributed by atoms with Gasteiger partial charge in [0.15, 0.2) is 5.60 Å². The van der Waals surface area contributed by atoms with E-state index in [-0.39, 0.29) is 5.25 Å². The van der Waals surface area contributed by atoms with E-state index in [1.54, 1.807) is 25.0 Å². The van der Waals surface area contributed by atoms with Crippen LogP contribution in [0.1, 0.15) is 46.6 Å². The van der Waals surface area contributed by atoms with Gasteiger partial charge in [0.1, 0.15) is 9.84 Å². The van der Waals surface area contributed by atoms with E-state index in [1.165, 1.54) is 6.26 Å². The zero-order valence-corrected chi connectivity index (χ0v) is 24.8. The van der Waals surface area contributed by atoms with Crippen molar-refractivity contribution < 1.29 is 18.3 Å². The van der Waals surface area contributed by atoms with Crippen molar-refractivity contribution in [1.82, 2.24) is 29.9 Å². The van der Waals surface area contributed by atoms with Gasteiger partial charge in [-0.25, -0.2) is 18.1 Å². The van der Waals surface area contributed by atoms with Crippen molar-refractivity contribution in [2.24, 2.45) is 7.05 Å². The van der Waals surface area contributed by atoms with Crippen LogP contribution >= 0.6 is 11.6 Å². The molecule has 1 saturated heterocycles. The van der Waals surface area contributed by atoms with Crippen LogP contribution in [0.4, 0.5) is 0 Å². The molecule has 0 spiro atoms. The van der Waals surface area contributed by atoms with Gasteiger partial charge in [-0.15, -0.1) is 5.10 Å². The molecule has 1 aliphatic rings. The molecule has 40 heavy (non-hydrogen) atoms. The Labute approximate surface area is 238 Å². The lowest BCUT2D eigenvalue weighted by atomic mass is 9.82. The third-order valence-electron chi connectivity index (χ3n) is 7.81. The van der Waals surface area contributed by atoms with Crippen LogP contribution in [0, 0.1) is 13.8 Å². The molecule has 4 heterocycles. The number of rotatable bonds is 7. The van der Waals surface area contributed by atoms with Crippen molar-refractivity contribution in [3.63, 3.8) is 0 Å². The van der Waals surface area contributed by atoms with Gasteiger partial charge in [-0.05, 0) is 63.5 Å². The first-order valence-electron chi connectivity index (χ1n) is 13.0. The predicted molar refractivity (Wildman–Crippen MR) is 153 cm³/mol. The van der Waals surface area contributed by atoms with Crippen LogP contribution in [0.15, 0.2) is 36.5 Å². The molecule has 0 bridgehead atoms. The topological polar surface area (TPSA) is 123 Å². The third kappa shape index (κ3) is 5.07. The molecule has 0 radical (unpaired) electrons. The van der Waals surface area contributed by atoms with Gasteiger partial charge >= 0.3 is 0 Å². The number of aryl methyl sites for hydroxylation is 3. The largest absolute Gasteiger partial charge is 0.481 e.